The van der Waals surface area contributed by atoms with Crippen LogP contribution in [0.3, 0.4) is 0 Å². The van der Waals surface area contributed by atoms with E-state index in [1.54, 1.807) is 6.08 Å². The summed E-state index contributed by atoms with van der Waals surface area (Å²) in [7, 11) is 0. The number of ether oxygens (including phenoxy) is 1. The highest BCUT2D eigenvalue weighted by Gasteiger charge is 2.26. The van der Waals surface area contributed by atoms with Crippen molar-refractivity contribution in [2.75, 3.05) is 39.4 Å². The molecule has 1 aliphatic heterocycles. The Balaban J connectivity index is 1.96. The summed E-state index contributed by atoms with van der Waals surface area (Å²) >= 11 is 0. The standard InChI is InChI=1S/C21H34N2O2/c1-4-15-25-21-8-6-5-7-19(21)16-22-12-13-23(11-9-18(2)3)20(17-22)10-14-24/h4-8,18,20,24H,1,9-17H2,2-3H3/t20-/m0/s1. The van der Waals surface area contributed by atoms with Crippen LogP contribution in [0.1, 0.15) is 32.3 Å². The summed E-state index contributed by atoms with van der Waals surface area (Å²) < 4.78 is 5.79. The highest BCUT2D eigenvalue weighted by Crippen LogP contribution is 2.22. The lowest BCUT2D eigenvalue weighted by atomic mass is 10.0. The molecular formula is C21H34N2O2. The van der Waals surface area contributed by atoms with Gasteiger partial charge in [-0.15, -0.1) is 0 Å². The van der Waals surface area contributed by atoms with Gasteiger partial charge < -0.3 is 9.84 Å². The normalized spacial score (nSPS) is 19.3. The number of hydrogen-bond acceptors (Lipinski definition) is 4. The molecule has 2 rings (SSSR count). The first-order valence-corrected chi connectivity index (χ1v) is 9.53. The van der Waals surface area contributed by atoms with Gasteiger partial charge in [0.15, 0.2) is 0 Å². The van der Waals surface area contributed by atoms with Crippen molar-refractivity contribution in [2.45, 2.75) is 39.3 Å². The molecule has 0 bridgehead atoms. The molecule has 0 radical (unpaired) electrons. The van der Waals surface area contributed by atoms with Crippen molar-refractivity contribution in [2.24, 2.45) is 5.92 Å². The molecule has 1 heterocycles. The predicted octanol–water partition coefficient (Wildman–Crippen LogP) is 3.17. The minimum Gasteiger partial charge on any atom is -0.489 e. The third-order valence-corrected chi connectivity index (χ3v) is 4.87. The van der Waals surface area contributed by atoms with Gasteiger partial charge in [0.2, 0.25) is 0 Å². The van der Waals surface area contributed by atoms with Crippen LogP contribution in [0.5, 0.6) is 5.75 Å². The van der Waals surface area contributed by atoms with E-state index in [1.807, 2.05) is 12.1 Å². The first-order chi connectivity index (χ1) is 12.1. The maximum absolute atomic E-state index is 9.46. The molecule has 4 nitrogen and oxygen atoms in total. The van der Waals surface area contributed by atoms with Crippen molar-refractivity contribution < 1.29 is 9.84 Å². The van der Waals surface area contributed by atoms with Gasteiger partial charge in [0.05, 0.1) is 0 Å². The topological polar surface area (TPSA) is 35.9 Å². The Morgan fingerprint density at radius 2 is 2.12 bits per heavy atom. The Kier molecular flexibility index (Phi) is 8.45. The van der Waals surface area contributed by atoms with Crippen molar-refractivity contribution in [1.29, 1.82) is 0 Å². The van der Waals surface area contributed by atoms with E-state index in [9.17, 15) is 5.11 Å². The van der Waals surface area contributed by atoms with Gasteiger partial charge >= 0.3 is 0 Å². The fourth-order valence-electron chi connectivity index (χ4n) is 3.41. The highest BCUT2D eigenvalue weighted by molar-refractivity contribution is 5.33. The van der Waals surface area contributed by atoms with E-state index >= 15 is 0 Å². The second-order valence-electron chi connectivity index (χ2n) is 7.33. The molecule has 0 amide bonds. The lowest BCUT2D eigenvalue weighted by molar-refractivity contribution is 0.0520. The van der Waals surface area contributed by atoms with Crippen molar-refractivity contribution in [3.63, 3.8) is 0 Å². The maximum atomic E-state index is 9.46. The Hall–Kier alpha value is -1.36. The molecule has 1 N–H and O–H groups in total. The second-order valence-corrected chi connectivity index (χ2v) is 7.33. The number of aliphatic hydroxyl groups excluding tert-OH is 1. The Bertz CT molecular complexity index is 518. The lowest BCUT2D eigenvalue weighted by Gasteiger charge is -2.42. The number of benzene rings is 1. The van der Waals surface area contributed by atoms with Crippen LogP contribution in [-0.2, 0) is 6.54 Å². The van der Waals surface area contributed by atoms with Crippen LogP contribution in [-0.4, -0.2) is 60.3 Å². The van der Waals surface area contributed by atoms with Gasteiger partial charge in [0.1, 0.15) is 12.4 Å². The third-order valence-electron chi connectivity index (χ3n) is 4.87. The molecule has 1 saturated heterocycles. The number of hydrogen-bond donors (Lipinski definition) is 1. The molecule has 0 unspecified atom stereocenters. The minimum absolute atomic E-state index is 0.260. The predicted molar refractivity (Wildman–Crippen MR) is 104 cm³/mol. The first-order valence-electron chi connectivity index (χ1n) is 9.53. The molecule has 140 valence electrons. The van der Waals surface area contributed by atoms with E-state index in [0.29, 0.717) is 12.6 Å². The number of para-hydroxylation sites is 1. The van der Waals surface area contributed by atoms with Crippen molar-refractivity contribution in [3.8, 4) is 5.75 Å². The summed E-state index contributed by atoms with van der Waals surface area (Å²) in [6.07, 6.45) is 3.85. The number of nitrogens with zero attached hydrogens (tertiary/aromatic N) is 2. The summed E-state index contributed by atoms with van der Waals surface area (Å²) in [4.78, 5) is 5.05. The zero-order valence-corrected chi connectivity index (χ0v) is 15.9. The SMILES string of the molecule is C=CCOc1ccccc1CN1CCN(CCC(C)C)[C@@H](CCO)C1. The fraction of sp³-hybridized carbons (Fsp3) is 0.619. The van der Waals surface area contributed by atoms with Gasteiger partial charge in [-0.3, -0.25) is 9.80 Å². The van der Waals surface area contributed by atoms with E-state index < -0.39 is 0 Å². The average molecular weight is 347 g/mol. The van der Waals surface area contributed by atoms with Crippen LogP contribution in [0, 0.1) is 5.92 Å². The van der Waals surface area contributed by atoms with Gasteiger partial charge in [0, 0.05) is 44.4 Å². The molecule has 25 heavy (non-hydrogen) atoms. The number of piperazine rings is 1. The van der Waals surface area contributed by atoms with Gasteiger partial charge in [-0.25, -0.2) is 0 Å². The van der Waals surface area contributed by atoms with E-state index in [0.717, 1.165) is 50.8 Å². The maximum Gasteiger partial charge on any atom is 0.124 e. The zero-order chi connectivity index (χ0) is 18.1. The largest absolute Gasteiger partial charge is 0.489 e. The van der Waals surface area contributed by atoms with Crippen LogP contribution >= 0.6 is 0 Å². The molecular weight excluding hydrogens is 312 g/mol. The third kappa shape index (κ3) is 6.46. The van der Waals surface area contributed by atoms with Gasteiger partial charge in [-0.1, -0.05) is 44.7 Å². The van der Waals surface area contributed by atoms with Crippen LogP contribution in [0.2, 0.25) is 0 Å². The summed E-state index contributed by atoms with van der Waals surface area (Å²) in [5, 5.41) is 9.46. The Morgan fingerprint density at radius 1 is 1.32 bits per heavy atom. The molecule has 4 heteroatoms. The van der Waals surface area contributed by atoms with E-state index in [2.05, 4.69) is 42.4 Å². The molecule has 1 fully saturated rings. The molecule has 1 aliphatic rings. The van der Waals surface area contributed by atoms with Crippen molar-refractivity contribution in [1.82, 2.24) is 9.80 Å². The monoisotopic (exact) mass is 346 g/mol. The minimum atomic E-state index is 0.260. The number of rotatable bonds is 10. The van der Waals surface area contributed by atoms with Gasteiger partial charge in [-0.2, -0.15) is 0 Å². The summed E-state index contributed by atoms with van der Waals surface area (Å²) in [5.41, 5.74) is 1.22. The lowest BCUT2D eigenvalue weighted by Crippen LogP contribution is -2.53. The summed E-state index contributed by atoms with van der Waals surface area (Å²) in [6, 6.07) is 8.70. The van der Waals surface area contributed by atoms with Gasteiger partial charge in [-0.05, 0) is 31.4 Å². The quantitative estimate of drug-likeness (QED) is 0.660. The Labute approximate surface area is 153 Å². The van der Waals surface area contributed by atoms with Crippen LogP contribution < -0.4 is 4.74 Å². The van der Waals surface area contributed by atoms with Crippen molar-refractivity contribution >= 4 is 0 Å². The second kappa shape index (κ2) is 10.6. The smallest absolute Gasteiger partial charge is 0.124 e. The molecule has 0 spiro atoms. The molecule has 1 aromatic carbocycles. The average Bonchev–Trinajstić information content (AvgIpc) is 2.60. The Morgan fingerprint density at radius 3 is 2.84 bits per heavy atom. The zero-order valence-electron chi connectivity index (χ0n) is 15.9. The molecule has 1 aromatic rings. The number of aliphatic hydroxyl groups is 1. The van der Waals surface area contributed by atoms with Gasteiger partial charge in [0.25, 0.3) is 0 Å². The first kappa shape index (κ1) is 20.0. The highest BCUT2D eigenvalue weighted by atomic mass is 16.5. The van der Waals surface area contributed by atoms with Crippen LogP contribution in [0.4, 0.5) is 0 Å². The fourth-order valence-corrected chi connectivity index (χ4v) is 3.41. The molecule has 0 aromatic heterocycles. The van der Waals surface area contributed by atoms with Crippen LogP contribution in [0.15, 0.2) is 36.9 Å². The molecule has 0 aliphatic carbocycles. The van der Waals surface area contributed by atoms with E-state index in [1.165, 1.54) is 12.0 Å². The van der Waals surface area contributed by atoms with E-state index in [4.69, 9.17) is 4.74 Å². The van der Waals surface area contributed by atoms with Crippen molar-refractivity contribution in [3.05, 3.63) is 42.5 Å². The summed E-state index contributed by atoms with van der Waals surface area (Å²) in [6.45, 7) is 14.3. The molecule has 1 atom stereocenters. The summed E-state index contributed by atoms with van der Waals surface area (Å²) in [5.74, 6) is 1.67. The van der Waals surface area contributed by atoms with E-state index in [-0.39, 0.29) is 6.61 Å². The van der Waals surface area contributed by atoms with Crippen LogP contribution in [0.25, 0.3) is 0 Å². The molecule has 0 saturated carbocycles.